The van der Waals surface area contributed by atoms with Gasteiger partial charge in [0.05, 0.1) is 0 Å². The molecule has 1 saturated carbocycles. The van der Waals surface area contributed by atoms with Crippen molar-refractivity contribution in [3.63, 3.8) is 0 Å². The topological polar surface area (TPSA) is 107 Å². The normalized spacial score (nSPS) is 22.5. The van der Waals surface area contributed by atoms with Crippen molar-refractivity contribution in [1.29, 1.82) is 0 Å². The van der Waals surface area contributed by atoms with E-state index in [-0.39, 0.29) is 24.8 Å². The Hall–Kier alpha value is 0.00844. The number of hydrogen-bond acceptors (Lipinski definition) is 4. The molecule has 128 valence electrons. The van der Waals surface area contributed by atoms with Gasteiger partial charge in [0.2, 0.25) is 0 Å². The van der Waals surface area contributed by atoms with E-state index in [1.54, 1.807) is 6.92 Å². The first-order chi connectivity index (χ1) is 10.3. The van der Waals surface area contributed by atoms with E-state index in [4.69, 9.17) is 0 Å². The van der Waals surface area contributed by atoms with Crippen molar-refractivity contribution in [3.05, 3.63) is 0 Å². The average molecular weight is 396 g/mol. The summed E-state index contributed by atoms with van der Waals surface area (Å²) in [6, 6.07) is 0. The molecule has 4 N–H and O–H groups in total. The summed E-state index contributed by atoms with van der Waals surface area (Å²) in [5.41, 5.74) is -0.402. The number of amides is 1. The second-order valence-corrected chi connectivity index (χ2v) is 8.94. The Morgan fingerprint density at radius 1 is 1.32 bits per heavy atom. The van der Waals surface area contributed by atoms with Crippen LogP contribution in [0, 0.1) is 5.92 Å². The predicted octanol–water partition coefficient (Wildman–Crippen LogP) is 0.340. The van der Waals surface area contributed by atoms with Crippen molar-refractivity contribution < 1.29 is 24.5 Å². The maximum atomic E-state index is 11.7. The summed E-state index contributed by atoms with van der Waals surface area (Å²) in [5.74, 6) is -0.107. The molecule has 1 fully saturated rings. The van der Waals surface area contributed by atoms with Crippen LogP contribution < -0.4 is 5.32 Å². The van der Waals surface area contributed by atoms with Crippen LogP contribution in [0.2, 0.25) is 4.71 Å². The minimum absolute atomic E-state index is 0.0539. The van der Waals surface area contributed by atoms with E-state index in [9.17, 15) is 24.5 Å². The molecule has 0 bridgehead atoms. The molecule has 1 aliphatic carbocycles. The second-order valence-electron chi connectivity index (χ2n) is 6.17. The summed E-state index contributed by atoms with van der Waals surface area (Å²) in [4.78, 5) is 21.3. The molecule has 0 aliphatic heterocycles. The van der Waals surface area contributed by atoms with E-state index in [0.29, 0.717) is 0 Å². The molecule has 0 aromatic heterocycles. The van der Waals surface area contributed by atoms with Crippen molar-refractivity contribution in [1.82, 2.24) is 5.32 Å². The zero-order valence-electron chi connectivity index (χ0n) is 13.0. The zero-order chi connectivity index (χ0) is 16.7. The Balaban J connectivity index is 2.45. The summed E-state index contributed by atoms with van der Waals surface area (Å²) in [5, 5.41) is 22.0. The summed E-state index contributed by atoms with van der Waals surface area (Å²) < 4.78 is 11.1. The molecule has 0 aromatic rings. The minimum atomic E-state index is -2.33. The zero-order valence-corrected chi connectivity index (χ0v) is 16.3. The number of hydrogen-bond donors (Lipinski definition) is 4. The van der Waals surface area contributed by atoms with Gasteiger partial charge in [-0.3, -0.25) is 0 Å². The van der Waals surface area contributed by atoms with Crippen LogP contribution in [0.4, 0.5) is 0 Å². The fraction of sp³-hybridized carbons (Fsp3) is 0.929. The van der Waals surface area contributed by atoms with Crippen LogP contribution in [0.1, 0.15) is 45.4 Å². The number of aliphatic hydroxyl groups excluding tert-OH is 2. The molecule has 0 heterocycles. The van der Waals surface area contributed by atoms with Crippen molar-refractivity contribution in [2.45, 2.75) is 68.0 Å². The van der Waals surface area contributed by atoms with Gasteiger partial charge in [0.1, 0.15) is 0 Å². The average Bonchev–Trinajstić information content (AvgIpc) is 2.49. The molecule has 1 amide bonds. The fourth-order valence-corrected chi connectivity index (χ4v) is 4.23. The molecule has 5 unspecified atom stereocenters. The van der Waals surface area contributed by atoms with Gasteiger partial charge in [-0.05, 0) is 0 Å². The van der Waals surface area contributed by atoms with E-state index in [1.807, 2.05) is 0 Å². The van der Waals surface area contributed by atoms with Crippen LogP contribution in [0.25, 0.3) is 0 Å². The third kappa shape index (κ3) is 6.64. The monoisotopic (exact) mass is 396 g/mol. The van der Waals surface area contributed by atoms with E-state index < -0.39 is 30.6 Å². The number of aliphatic hydroxyl groups is 2. The number of nitrogens with one attached hydrogen (secondary N) is 1. The summed E-state index contributed by atoms with van der Waals surface area (Å²) >= 11 is 1.13. The van der Waals surface area contributed by atoms with Gasteiger partial charge in [-0.15, -0.1) is 0 Å². The molecular weight excluding hydrogens is 368 g/mol. The summed E-state index contributed by atoms with van der Waals surface area (Å²) in [6.07, 6.45) is 3.86. The van der Waals surface area contributed by atoms with Gasteiger partial charge < -0.3 is 0 Å². The van der Waals surface area contributed by atoms with Crippen LogP contribution >= 0.6 is 8.03 Å². The van der Waals surface area contributed by atoms with Crippen molar-refractivity contribution in [2.75, 3.05) is 6.54 Å². The summed E-state index contributed by atoms with van der Waals surface area (Å²) in [7, 11) is -2.33. The molecule has 0 spiro atoms. The Morgan fingerprint density at radius 2 is 1.91 bits per heavy atom. The Kier molecular flexibility index (Phi) is 9.11. The Labute approximate surface area is 141 Å². The molecule has 0 saturated heterocycles. The van der Waals surface area contributed by atoms with E-state index >= 15 is 0 Å². The van der Waals surface area contributed by atoms with Crippen LogP contribution in [-0.2, 0) is 9.36 Å². The van der Waals surface area contributed by atoms with E-state index in [1.165, 1.54) is 6.42 Å². The van der Waals surface area contributed by atoms with Gasteiger partial charge in [0.15, 0.2) is 0 Å². The molecule has 0 aromatic carbocycles. The Morgan fingerprint density at radius 3 is 2.41 bits per heavy atom. The SMILES string of the molecule is CC(O)C([AsH2])C(=O)NC[C@H](O)CC(C1CCCCC1)[P+](=O)O. The molecule has 6 atom stereocenters. The molecule has 1 rings (SSSR count). The first kappa shape index (κ1) is 20.1. The van der Waals surface area contributed by atoms with Gasteiger partial charge in [-0.2, -0.15) is 0 Å². The first-order valence-corrected chi connectivity index (χ1v) is 10.6. The summed E-state index contributed by atoms with van der Waals surface area (Å²) in [6.45, 7) is 1.61. The fourth-order valence-electron chi connectivity index (χ4n) is 2.90. The first-order valence-electron chi connectivity index (χ1n) is 7.87. The molecule has 22 heavy (non-hydrogen) atoms. The third-order valence-corrected chi connectivity index (χ3v) is 7.33. The van der Waals surface area contributed by atoms with Crippen molar-refractivity contribution >= 4 is 30.8 Å². The quantitative estimate of drug-likeness (QED) is 0.350. The standard InChI is InChI=1S/C14H27AsNO5P/c1-9(17)13(15)14(19)16-8-11(18)7-12(22(20)21)10-5-3-2-4-6-10/h9-13,17-18H,2-8,15H2,1H3,(H-,16,19,20,21)/p+1/t9?,11-,12?,13?/m1/s1. The van der Waals surface area contributed by atoms with Crippen LogP contribution in [0.5, 0.6) is 0 Å². The van der Waals surface area contributed by atoms with Crippen LogP contribution in [0.15, 0.2) is 0 Å². The molecular formula is C14H28AsNO5P+. The predicted molar refractivity (Wildman–Crippen MR) is 87.8 cm³/mol. The Bertz CT molecular complexity index is 376. The molecule has 0 radical (unpaired) electrons. The second kappa shape index (κ2) is 9.99. The van der Waals surface area contributed by atoms with Crippen molar-refractivity contribution in [3.8, 4) is 0 Å². The van der Waals surface area contributed by atoms with Gasteiger partial charge >= 0.3 is 141 Å². The number of rotatable bonds is 8. The van der Waals surface area contributed by atoms with E-state index in [2.05, 4.69) is 5.32 Å². The molecule has 6 nitrogen and oxygen atoms in total. The van der Waals surface area contributed by atoms with Crippen LogP contribution in [0.3, 0.4) is 0 Å². The van der Waals surface area contributed by atoms with Gasteiger partial charge in [0, 0.05) is 0 Å². The van der Waals surface area contributed by atoms with E-state index in [0.717, 1.165) is 42.5 Å². The van der Waals surface area contributed by atoms with Gasteiger partial charge in [-0.25, -0.2) is 0 Å². The third-order valence-electron chi connectivity index (χ3n) is 4.33. The van der Waals surface area contributed by atoms with Crippen molar-refractivity contribution in [2.24, 2.45) is 5.92 Å². The number of carbonyl (C=O) groups excluding carboxylic acids is 1. The molecule has 8 heteroatoms. The maximum absolute atomic E-state index is 11.7. The van der Waals surface area contributed by atoms with Gasteiger partial charge in [0.25, 0.3) is 0 Å². The van der Waals surface area contributed by atoms with Crippen LogP contribution in [-0.4, -0.2) is 62.3 Å². The molecule has 1 aliphatic rings. The van der Waals surface area contributed by atoms with Gasteiger partial charge in [-0.1, -0.05) is 0 Å². The number of carbonyl (C=O) groups is 1.